The molecule has 0 saturated heterocycles. The second-order valence-corrected chi connectivity index (χ2v) is 17.0. The third kappa shape index (κ3) is 7.27. The Balaban J connectivity index is 2.35. The lowest BCUT2D eigenvalue weighted by Crippen LogP contribution is -2.44. The largest absolute Gasteiger partial charge is 0.413 e. The van der Waals surface area contributed by atoms with Crippen LogP contribution in [0, 0.1) is 19.3 Å². The lowest BCUT2D eigenvalue weighted by atomic mass is 9.69. The molecular formula is C35H56OSi. The van der Waals surface area contributed by atoms with Gasteiger partial charge in [0.25, 0.3) is 0 Å². The SMILES string of the molecule is C=CCc1ccc(C(CC)(CC)c2ccc(CCC(O[Si](CC)(CC)CC)C(C)(C)C)c(C)c2)cc1C. The van der Waals surface area contributed by atoms with Crippen LogP contribution in [0.15, 0.2) is 49.1 Å². The molecule has 0 aliphatic rings. The van der Waals surface area contributed by atoms with Crippen LogP contribution in [-0.2, 0) is 22.7 Å². The second-order valence-electron chi connectivity index (χ2n) is 12.3. The van der Waals surface area contributed by atoms with Crippen LogP contribution in [0.5, 0.6) is 0 Å². The molecule has 1 unspecified atom stereocenters. The van der Waals surface area contributed by atoms with Crippen LogP contribution in [0.3, 0.4) is 0 Å². The topological polar surface area (TPSA) is 9.23 Å². The van der Waals surface area contributed by atoms with E-state index in [1.165, 1.54) is 51.5 Å². The van der Waals surface area contributed by atoms with E-state index < -0.39 is 8.32 Å². The molecule has 0 saturated carbocycles. The van der Waals surface area contributed by atoms with E-state index >= 15 is 0 Å². The van der Waals surface area contributed by atoms with Gasteiger partial charge in [0, 0.05) is 5.41 Å². The van der Waals surface area contributed by atoms with Crippen molar-refractivity contribution in [2.45, 2.75) is 131 Å². The highest BCUT2D eigenvalue weighted by Gasteiger charge is 2.36. The van der Waals surface area contributed by atoms with Crippen LogP contribution < -0.4 is 0 Å². The predicted octanol–water partition coefficient (Wildman–Crippen LogP) is 10.5. The van der Waals surface area contributed by atoms with Crippen molar-refractivity contribution >= 4 is 8.32 Å². The number of aryl methyl sites for hydroxylation is 3. The fraction of sp³-hybridized carbons (Fsp3) is 0.600. The summed E-state index contributed by atoms with van der Waals surface area (Å²) in [5.74, 6) is 0. The highest BCUT2D eigenvalue weighted by molar-refractivity contribution is 6.73. The molecule has 206 valence electrons. The number of allylic oxidation sites excluding steroid dienone is 1. The van der Waals surface area contributed by atoms with E-state index in [4.69, 9.17) is 4.43 Å². The number of benzene rings is 2. The Morgan fingerprint density at radius 1 is 0.811 bits per heavy atom. The standard InChI is InChI=1S/C35H56OSi/c1-12-18-29-19-22-31(25-27(29)7)35(13-2,14-3)32-23-20-30(28(8)26-32)21-24-33(34(9,10)11)36-37(15-4,16-5)17-6/h12,19-20,22-23,25-26,33H,1,13-18,21,24H2,2-11H3. The third-order valence-electron chi connectivity index (χ3n) is 9.33. The van der Waals surface area contributed by atoms with Crippen LogP contribution in [0.2, 0.25) is 18.1 Å². The summed E-state index contributed by atoms with van der Waals surface area (Å²) in [6, 6.07) is 18.0. The molecule has 0 aromatic heterocycles. The zero-order chi connectivity index (χ0) is 27.9. The van der Waals surface area contributed by atoms with Gasteiger partial charge in [-0.05, 0) is 103 Å². The van der Waals surface area contributed by atoms with Crippen molar-refractivity contribution in [3.05, 3.63) is 82.4 Å². The first-order chi connectivity index (χ1) is 17.5. The van der Waals surface area contributed by atoms with Gasteiger partial charge >= 0.3 is 0 Å². The maximum absolute atomic E-state index is 7.05. The minimum absolute atomic E-state index is 0.0480. The van der Waals surface area contributed by atoms with Gasteiger partial charge < -0.3 is 4.43 Å². The summed E-state index contributed by atoms with van der Waals surface area (Å²) in [5, 5.41) is 0. The van der Waals surface area contributed by atoms with Crippen LogP contribution in [0.4, 0.5) is 0 Å². The van der Waals surface area contributed by atoms with Gasteiger partial charge in [0.15, 0.2) is 8.32 Å². The summed E-state index contributed by atoms with van der Waals surface area (Å²) in [4.78, 5) is 0. The van der Waals surface area contributed by atoms with E-state index in [-0.39, 0.29) is 10.8 Å². The van der Waals surface area contributed by atoms with E-state index in [0.717, 1.165) is 32.1 Å². The lowest BCUT2D eigenvalue weighted by molar-refractivity contribution is 0.0683. The van der Waals surface area contributed by atoms with E-state index in [9.17, 15) is 0 Å². The zero-order valence-electron chi connectivity index (χ0n) is 25.9. The van der Waals surface area contributed by atoms with Crippen molar-refractivity contribution in [2.24, 2.45) is 5.41 Å². The Bertz CT molecular complexity index is 996. The molecule has 2 heteroatoms. The fourth-order valence-electron chi connectivity index (χ4n) is 6.14. The van der Waals surface area contributed by atoms with Gasteiger partial charge in [-0.15, -0.1) is 6.58 Å². The minimum Gasteiger partial charge on any atom is -0.413 e. The number of rotatable bonds is 14. The molecule has 0 radical (unpaired) electrons. The molecule has 2 aromatic carbocycles. The summed E-state index contributed by atoms with van der Waals surface area (Å²) in [6.45, 7) is 27.2. The molecule has 0 amide bonds. The minimum atomic E-state index is -1.64. The van der Waals surface area contributed by atoms with Gasteiger partial charge in [0.1, 0.15) is 0 Å². The first-order valence-corrected chi connectivity index (χ1v) is 17.5. The van der Waals surface area contributed by atoms with Gasteiger partial charge in [-0.1, -0.05) is 97.9 Å². The van der Waals surface area contributed by atoms with E-state index in [1.807, 2.05) is 6.08 Å². The number of hydrogen-bond donors (Lipinski definition) is 0. The molecule has 0 heterocycles. The van der Waals surface area contributed by atoms with Crippen LogP contribution in [0.25, 0.3) is 0 Å². The maximum Gasteiger partial charge on any atom is 0.192 e. The van der Waals surface area contributed by atoms with Gasteiger partial charge in [-0.3, -0.25) is 0 Å². The summed E-state index contributed by atoms with van der Waals surface area (Å²) < 4.78 is 7.05. The fourth-order valence-corrected chi connectivity index (χ4v) is 9.22. The van der Waals surface area contributed by atoms with Crippen molar-refractivity contribution in [1.82, 2.24) is 0 Å². The van der Waals surface area contributed by atoms with Gasteiger partial charge in [0.05, 0.1) is 6.10 Å². The predicted molar refractivity (Wildman–Crippen MR) is 167 cm³/mol. The lowest BCUT2D eigenvalue weighted by Gasteiger charge is -2.40. The second kappa shape index (κ2) is 13.4. The van der Waals surface area contributed by atoms with E-state index in [2.05, 4.69) is 112 Å². The molecule has 0 aliphatic heterocycles. The van der Waals surface area contributed by atoms with Gasteiger partial charge in [0.2, 0.25) is 0 Å². The van der Waals surface area contributed by atoms with E-state index in [0.29, 0.717) is 6.10 Å². The first-order valence-electron chi connectivity index (χ1n) is 14.9. The highest BCUT2D eigenvalue weighted by atomic mass is 28.4. The van der Waals surface area contributed by atoms with E-state index in [1.54, 1.807) is 0 Å². The molecule has 2 rings (SSSR count). The van der Waals surface area contributed by atoms with Crippen molar-refractivity contribution in [2.75, 3.05) is 0 Å². The van der Waals surface area contributed by atoms with Crippen LogP contribution in [0.1, 0.15) is 108 Å². The normalized spacial score (nSPS) is 13.6. The molecule has 1 nitrogen and oxygen atoms in total. The molecule has 0 fully saturated rings. The van der Waals surface area contributed by atoms with Crippen molar-refractivity contribution < 1.29 is 4.43 Å². The Morgan fingerprint density at radius 2 is 1.30 bits per heavy atom. The van der Waals surface area contributed by atoms with Crippen molar-refractivity contribution in [1.29, 1.82) is 0 Å². The Kier molecular flexibility index (Phi) is 11.5. The zero-order valence-corrected chi connectivity index (χ0v) is 26.9. The summed E-state index contributed by atoms with van der Waals surface area (Å²) in [6.07, 6.45) is 7.61. The molecule has 0 bridgehead atoms. The van der Waals surface area contributed by atoms with Crippen LogP contribution in [-0.4, -0.2) is 14.4 Å². The highest BCUT2D eigenvalue weighted by Crippen LogP contribution is 2.41. The third-order valence-corrected chi connectivity index (χ3v) is 14.0. The Morgan fingerprint density at radius 3 is 1.68 bits per heavy atom. The summed E-state index contributed by atoms with van der Waals surface area (Å²) in [5.41, 5.74) is 8.73. The summed E-state index contributed by atoms with van der Waals surface area (Å²) in [7, 11) is -1.64. The molecule has 0 N–H and O–H groups in total. The smallest absolute Gasteiger partial charge is 0.192 e. The monoisotopic (exact) mass is 520 g/mol. The molecule has 0 aliphatic carbocycles. The Labute approximate surface area is 231 Å². The van der Waals surface area contributed by atoms with Crippen molar-refractivity contribution in [3.63, 3.8) is 0 Å². The molecular weight excluding hydrogens is 464 g/mol. The van der Waals surface area contributed by atoms with Crippen LogP contribution >= 0.6 is 0 Å². The molecule has 2 aromatic rings. The first kappa shape index (κ1) is 31.6. The Hall–Kier alpha value is -1.64. The van der Waals surface area contributed by atoms with Gasteiger partial charge in [-0.25, -0.2) is 0 Å². The summed E-state index contributed by atoms with van der Waals surface area (Å²) >= 11 is 0. The van der Waals surface area contributed by atoms with Crippen molar-refractivity contribution in [3.8, 4) is 0 Å². The molecule has 37 heavy (non-hydrogen) atoms. The maximum atomic E-state index is 7.05. The van der Waals surface area contributed by atoms with Gasteiger partial charge in [-0.2, -0.15) is 0 Å². The average Bonchev–Trinajstić information content (AvgIpc) is 2.87. The molecule has 1 atom stereocenters. The number of hydrogen-bond acceptors (Lipinski definition) is 1. The quantitative estimate of drug-likeness (QED) is 0.178. The molecule has 0 spiro atoms. The average molecular weight is 521 g/mol.